The van der Waals surface area contributed by atoms with Crippen LogP contribution >= 0.6 is 31.9 Å². The van der Waals surface area contributed by atoms with Crippen LogP contribution in [0, 0.1) is 0 Å². The van der Waals surface area contributed by atoms with Gasteiger partial charge in [-0.2, -0.15) is 0 Å². The lowest BCUT2D eigenvalue weighted by atomic mass is 9.98. The number of hydrogen-bond acceptors (Lipinski definition) is 2. The van der Waals surface area contributed by atoms with Crippen LogP contribution < -0.4 is 9.47 Å². The second kappa shape index (κ2) is 6.41. The van der Waals surface area contributed by atoms with Crippen molar-refractivity contribution in [3.05, 3.63) is 57.6 Å². The van der Waals surface area contributed by atoms with Crippen molar-refractivity contribution in [3.63, 3.8) is 0 Å². The Bertz CT molecular complexity index is 655. The van der Waals surface area contributed by atoms with E-state index in [0.717, 1.165) is 41.0 Å². The van der Waals surface area contributed by atoms with Crippen LogP contribution in [0.5, 0.6) is 11.5 Å². The Morgan fingerprint density at radius 1 is 1.19 bits per heavy atom. The minimum Gasteiger partial charge on any atom is -0.496 e. The summed E-state index contributed by atoms with van der Waals surface area (Å²) < 4.78 is 12.2. The number of fused-ring (bicyclic) bond motifs is 1. The molecule has 2 nitrogen and oxygen atoms in total. The molecule has 2 aromatic rings. The number of rotatable bonds is 3. The summed E-state index contributed by atoms with van der Waals surface area (Å²) in [7, 11) is 1.70. The topological polar surface area (TPSA) is 18.5 Å². The molecule has 3 rings (SSSR count). The molecule has 2 aromatic carbocycles. The monoisotopic (exact) mass is 410 g/mol. The zero-order valence-corrected chi connectivity index (χ0v) is 14.9. The summed E-state index contributed by atoms with van der Waals surface area (Å²) in [6, 6.07) is 12.5. The predicted octanol–water partition coefficient (Wildman–Crippen LogP) is 5.27. The van der Waals surface area contributed by atoms with E-state index in [-0.39, 0.29) is 4.83 Å². The normalized spacial score (nSPS) is 15.0. The molecule has 1 atom stereocenters. The molecular weight excluding hydrogens is 396 g/mol. The standard InChI is InChI=1S/C17H16Br2O2/c1-20-16-10-13(18)5-6-14(16)17(19)12-4-7-15-11(9-12)3-2-8-21-15/h4-7,9-10,17H,2-3,8H2,1H3. The van der Waals surface area contributed by atoms with Crippen LogP contribution in [0.25, 0.3) is 0 Å². The molecule has 0 radical (unpaired) electrons. The Labute approximate surface area is 141 Å². The average Bonchev–Trinajstić information content (AvgIpc) is 2.53. The van der Waals surface area contributed by atoms with Crippen LogP contribution in [0.3, 0.4) is 0 Å². The molecule has 0 N–H and O–H groups in total. The van der Waals surface area contributed by atoms with Crippen LogP contribution in [0.15, 0.2) is 40.9 Å². The quantitative estimate of drug-likeness (QED) is 0.640. The summed E-state index contributed by atoms with van der Waals surface area (Å²) in [6.45, 7) is 0.824. The lowest BCUT2D eigenvalue weighted by Gasteiger charge is -2.20. The largest absolute Gasteiger partial charge is 0.496 e. The summed E-state index contributed by atoms with van der Waals surface area (Å²) >= 11 is 7.28. The summed E-state index contributed by atoms with van der Waals surface area (Å²) in [5.41, 5.74) is 3.64. The van der Waals surface area contributed by atoms with Gasteiger partial charge in [0.1, 0.15) is 11.5 Å². The van der Waals surface area contributed by atoms with Crippen LogP contribution in [-0.4, -0.2) is 13.7 Å². The first-order valence-electron chi connectivity index (χ1n) is 6.92. The second-order valence-electron chi connectivity index (χ2n) is 5.07. The van der Waals surface area contributed by atoms with Crippen LogP contribution in [0.2, 0.25) is 0 Å². The van der Waals surface area contributed by atoms with Gasteiger partial charge in [-0.05, 0) is 42.2 Å². The van der Waals surface area contributed by atoms with Gasteiger partial charge in [0.2, 0.25) is 0 Å². The third-order valence-corrected chi connectivity index (χ3v) is 5.21. The van der Waals surface area contributed by atoms with E-state index in [0.29, 0.717) is 0 Å². The van der Waals surface area contributed by atoms with Gasteiger partial charge in [0.15, 0.2) is 0 Å². The van der Waals surface area contributed by atoms with Gasteiger partial charge in [-0.15, -0.1) is 0 Å². The highest BCUT2D eigenvalue weighted by Crippen LogP contribution is 2.39. The highest BCUT2D eigenvalue weighted by Gasteiger charge is 2.18. The maximum Gasteiger partial charge on any atom is 0.124 e. The van der Waals surface area contributed by atoms with E-state index in [1.165, 1.54) is 11.1 Å². The SMILES string of the molecule is COc1cc(Br)ccc1C(Br)c1ccc2c(c1)CCCO2. The zero-order valence-electron chi connectivity index (χ0n) is 11.7. The molecule has 21 heavy (non-hydrogen) atoms. The minimum atomic E-state index is 0.104. The fourth-order valence-corrected chi connectivity index (χ4v) is 3.61. The molecule has 1 unspecified atom stereocenters. The molecule has 0 spiro atoms. The summed E-state index contributed by atoms with van der Waals surface area (Å²) in [6.07, 6.45) is 2.17. The lowest BCUT2D eigenvalue weighted by molar-refractivity contribution is 0.288. The minimum absolute atomic E-state index is 0.104. The smallest absolute Gasteiger partial charge is 0.124 e. The van der Waals surface area contributed by atoms with E-state index in [1.807, 2.05) is 12.1 Å². The van der Waals surface area contributed by atoms with Crippen molar-refractivity contribution in [2.75, 3.05) is 13.7 Å². The van der Waals surface area contributed by atoms with Gasteiger partial charge in [0.25, 0.3) is 0 Å². The number of benzene rings is 2. The van der Waals surface area contributed by atoms with Gasteiger partial charge < -0.3 is 9.47 Å². The van der Waals surface area contributed by atoms with Gasteiger partial charge in [0, 0.05) is 10.0 Å². The van der Waals surface area contributed by atoms with E-state index < -0.39 is 0 Å². The van der Waals surface area contributed by atoms with Gasteiger partial charge in [-0.1, -0.05) is 50.1 Å². The molecule has 110 valence electrons. The summed E-state index contributed by atoms with van der Waals surface area (Å²) in [4.78, 5) is 0.104. The highest BCUT2D eigenvalue weighted by molar-refractivity contribution is 9.10. The van der Waals surface area contributed by atoms with Crippen molar-refractivity contribution in [1.82, 2.24) is 0 Å². The summed E-state index contributed by atoms with van der Waals surface area (Å²) in [5, 5.41) is 0. The molecule has 0 aromatic heterocycles. The Morgan fingerprint density at radius 3 is 2.86 bits per heavy atom. The van der Waals surface area contributed by atoms with E-state index in [2.05, 4.69) is 56.1 Å². The van der Waals surface area contributed by atoms with Gasteiger partial charge in [0.05, 0.1) is 18.5 Å². The van der Waals surface area contributed by atoms with Gasteiger partial charge in [-0.25, -0.2) is 0 Å². The predicted molar refractivity (Wildman–Crippen MR) is 91.7 cm³/mol. The van der Waals surface area contributed by atoms with Crippen molar-refractivity contribution in [3.8, 4) is 11.5 Å². The first kappa shape index (κ1) is 14.9. The van der Waals surface area contributed by atoms with E-state index in [4.69, 9.17) is 9.47 Å². The molecule has 0 aliphatic carbocycles. The number of ether oxygens (including phenoxy) is 2. The van der Waals surface area contributed by atoms with Crippen molar-refractivity contribution in [2.24, 2.45) is 0 Å². The Morgan fingerprint density at radius 2 is 2.05 bits per heavy atom. The summed E-state index contributed by atoms with van der Waals surface area (Å²) in [5.74, 6) is 1.90. The Balaban J connectivity index is 1.96. The van der Waals surface area contributed by atoms with Crippen molar-refractivity contribution >= 4 is 31.9 Å². The second-order valence-corrected chi connectivity index (χ2v) is 6.90. The van der Waals surface area contributed by atoms with Crippen LogP contribution in [0.4, 0.5) is 0 Å². The molecule has 1 aliphatic heterocycles. The molecule has 0 bridgehead atoms. The van der Waals surface area contributed by atoms with E-state index in [1.54, 1.807) is 7.11 Å². The maximum atomic E-state index is 5.68. The Kier molecular flexibility index (Phi) is 4.55. The van der Waals surface area contributed by atoms with Crippen LogP contribution in [-0.2, 0) is 6.42 Å². The van der Waals surface area contributed by atoms with E-state index >= 15 is 0 Å². The van der Waals surface area contributed by atoms with Crippen molar-refractivity contribution in [1.29, 1.82) is 0 Å². The van der Waals surface area contributed by atoms with Gasteiger partial charge in [-0.3, -0.25) is 0 Å². The molecule has 0 amide bonds. The molecule has 1 aliphatic rings. The number of aryl methyl sites for hydroxylation is 1. The first-order chi connectivity index (χ1) is 10.2. The van der Waals surface area contributed by atoms with Crippen LogP contribution in [0.1, 0.15) is 27.9 Å². The lowest BCUT2D eigenvalue weighted by Crippen LogP contribution is -2.09. The maximum absolute atomic E-state index is 5.68. The average molecular weight is 412 g/mol. The molecule has 0 saturated carbocycles. The first-order valence-corrected chi connectivity index (χ1v) is 8.63. The number of methoxy groups -OCH3 is 1. The fraction of sp³-hybridized carbons (Fsp3) is 0.294. The third kappa shape index (κ3) is 3.11. The Hall–Kier alpha value is -1.00. The number of hydrogen-bond donors (Lipinski definition) is 0. The van der Waals surface area contributed by atoms with Gasteiger partial charge >= 0.3 is 0 Å². The highest BCUT2D eigenvalue weighted by atomic mass is 79.9. The molecule has 0 fully saturated rings. The third-order valence-electron chi connectivity index (χ3n) is 3.69. The number of alkyl halides is 1. The molecule has 1 heterocycles. The fourth-order valence-electron chi connectivity index (χ4n) is 2.61. The molecular formula is C17H16Br2O2. The van der Waals surface area contributed by atoms with E-state index in [9.17, 15) is 0 Å². The van der Waals surface area contributed by atoms with Crippen molar-refractivity contribution < 1.29 is 9.47 Å². The number of halogens is 2. The molecule has 4 heteroatoms. The molecule has 0 saturated heterocycles. The van der Waals surface area contributed by atoms with Crippen molar-refractivity contribution in [2.45, 2.75) is 17.7 Å². The zero-order chi connectivity index (χ0) is 14.8.